The number of anilines is 2. The molecule has 1 aromatic rings. The number of urea groups is 1. The number of fused-ring (bicyclic) bond motifs is 5. The van der Waals surface area contributed by atoms with Crippen LogP contribution in [0.5, 0.6) is 0 Å². The number of ether oxygens (including phenoxy) is 1. The highest BCUT2D eigenvalue weighted by atomic mass is 19.2. The summed E-state index contributed by atoms with van der Waals surface area (Å²) < 4.78 is 36.9. The molecule has 3 saturated heterocycles. The van der Waals surface area contributed by atoms with Gasteiger partial charge in [-0.15, -0.1) is 0 Å². The third-order valence-corrected chi connectivity index (χ3v) is 8.05. The van der Waals surface area contributed by atoms with Crippen molar-refractivity contribution in [1.82, 2.24) is 10.6 Å². The lowest BCUT2D eigenvalue weighted by molar-refractivity contribution is -0.153. The number of carbonyl (C=O) groups excluding carboxylic acids is 3. The molecule has 6 atom stereocenters. The molecule has 4 aliphatic heterocycles. The third kappa shape index (κ3) is 2.66. The molecule has 5 aliphatic rings. The molecule has 6 rings (SSSR count). The van der Waals surface area contributed by atoms with Gasteiger partial charge in [0.25, 0.3) is 0 Å². The summed E-state index contributed by atoms with van der Waals surface area (Å²) in [7, 11) is 0. The minimum absolute atomic E-state index is 0.0485. The maximum atomic E-state index is 15.7. The van der Waals surface area contributed by atoms with E-state index in [1.807, 2.05) is 0 Å². The number of halogens is 2. The zero-order chi connectivity index (χ0) is 23.4. The van der Waals surface area contributed by atoms with Crippen molar-refractivity contribution in [1.29, 1.82) is 0 Å². The topological polar surface area (TPSA) is 117 Å². The van der Waals surface area contributed by atoms with Gasteiger partial charge in [0.05, 0.1) is 29.6 Å². The van der Waals surface area contributed by atoms with Crippen LogP contribution in [0.3, 0.4) is 0 Å². The summed E-state index contributed by atoms with van der Waals surface area (Å²) in [5, 5.41) is 4.39. The second-order valence-electron chi connectivity index (χ2n) is 9.98. The van der Waals surface area contributed by atoms with Crippen molar-refractivity contribution in [2.24, 2.45) is 23.0 Å². The Morgan fingerprint density at radius 3 is 2.33 bits per heavy atom. The van der Waals surface area contributed by atoms with Crippen LogP contribution >= 0.6 is 0 Å². The van der Waals surface area contributed by atoms with E-state index in [-0.39, 0.29) is 48.3 Å². The fourth-order valence-corrected chi connectivity index (χ4v) is 6.52. The number of hydrogen-bond acceptors (Lipinski definition) is 7. The van der Waals surface area contributed by atoms with Crippen molar-refractivity contribution < 1.29 is 27.9 Å². The summed E-state index contributed by atoms with van der Waals surface area (Å²) in [5.41, 5.74) is 4.78. The molecule has 1 spiro atoms. The largest absolute Gasteiger partial charge is 0.372 e. The number of nitrogens with zero attached hydrogens (tertiary/aromatic N) is 2. The number of hydrogen-bond donors (Lipinski definition) is 3. The quantitative estimate of drug-likeness (QED) is 0.514. The molecule has 4 fully saturated rings. The average molecular weight is 461 g/mol. The molecule has 0 bridgehead atoms. The molecule has 0 radical (unpaired) electrons. The first-order valence-corrected chi connectivity index (χ1v) is 11.2. The highest BCUT2D eigenvalue weighted by Crippen LogP contribution is 2.51. The van der Waals surface area contributed by atoms with Crippen molar-refractivity contribution >= 4 is 29.2 Å². The van der Waals surface area contributed by atoms with Crippen molar-refractivity contribution in [2.45, 2.75) is 44.6 Å². The van der Waals surface area contributed by atoms with Crippen LogP contribution in [0.4, 0.5) is 25.0 Å². The molecule has 4 N–H and O–H groups in total. The second-order valence-corrected chi connectivity index (χ2v) is 9.98. The van der Waals surface area contributed by atoms with E-state index in [9.17, 15) is 14.4 Å². The Bertz CT molecular complexity index is 1080. The van der Waals surface area contributed by atoms with E-state index in [0.717, 1.165) is 0 Å². The monoisotopic (exact) mass is 461 g/mol. The number of piperidine rings is 1. The molecule has 1 aliphatic carbocycles. The Hall–Kier alpha value is -2.79. The second kappa shape index (κ2) is 6.63. The standard InChI is InChI=1S/C22H25F2N5O4/c1-8-5-29-17-10(3-13(14(23)15(17)24)28-6-11-12(7-28)16(11)25)4-22(18(29)9(2)33-8)19(30)26-21(32)27-20(22)31/h3,8-9,11-12,16,18H,4-7,25H2,1-2H3,(H2,26,27,30,31,32)/t8-,9+,11-,12+,16?,18-/m1/s1. The fourth-order valence-electron chi connectivity index (χ4n) is 6.52. The van der Waals surface area contributed by atoms with E-state index in [4.69, 9.17) is 10.5 Å². The van der Waals surface area contributed by atoms with E-state index in [0.29, 0.717) is 18.7 Å². The number of morpholine rings is 1. The van der Waals surface area contributed by atoms with Gasteiger partial charge in [-0.3, -0.25) is 20.2 Å². The Labute approximate surface area is 188 Å². The molecule has 4 heterocycles. The van der Waals surface area contributed by atoms with Crippen molar-refractivity contribution in [3.05, 3.63) is 23.3 Å². The van der Waals surface area contributed by atoms with Gasteiger partial charge in [-0.1, -0.05) is 0 Å². The third-order valence-electron chi connectivity index (χ3n) is 8.05. The van der Waals surface area contributed by atoms with E-state index >= 15 is 8.78 Å². The molecule has 0 aromatic heterocycles. The highest BCUT2D eigenvalue weighted by molar-refractivity contribution is 6.20. The van der Waals surface area contributed by atoms with E-state index in [1.165, 1.54) is 0 Å². The van der Waals surface area contributed by atoms with Crippen LogP contribution < -0.4 is 26.2 Å². The molecule has 1 saturated carbocycles. The van der Waals surface area contributed by atoms with Crippen molar-refractivity contribution in [3.8, 4) is 0 Å². The van der Waals surface area contributed by atoms with Gasteiger partial charge >= 0.3 is 6.03 Å². The maximum absolute atomic E-state index is 15.7. The lowest BCUT2D eigenvalue weighted by Crippen LogP contribution is -2.75. The fraction of sp³-hybridized carbons (Fsp3) is 0.591. The zero-order valence-corrected chi connectivity index (χ0v) is 18.2. The molecule has 1 unspecified atom stereocenters. The van der Waals surface area contributed by atoms with Gasteiger partial charge in [-0.05, 0) is 37.3 Å². The van der Waals surface area contributed by atoms with Crippen LogP contribution in [0.1, 0.15) is 19.4 Å². The number of benzene rings is 1. The van der Waals surface area contributed by atoms with Crippen molar-refractivity contribution in [2.75, 3.05) is 29.4 Å². The van der Waals surface area contributed by atoms with Gasteiger partial charge in [0.15, 0.2) is 17.0 Å². The van der Waals surface area contributed by atoms with E-state index < -0.39 is 47.0 Å². The van der Waals surface area contributed by atoms with Crippen LogP contribution in [0.2, 0.25) is 0 Å². The van der Waals surface area contributed by atoms with Crippen LogP contribution in [0.15, 0.2) is 6.07 Å². The minimum Gasteiger partial charge on any atom is -0.372 e. The van der Waals surface area contributed by atoms with Gasteiger partial charge in [-0.25, -0.2) is 13.6 Å². The van der Waals surface area contributed by atoms with Gasteiger partial charge in [0.1, 0.15) is 0 Å². The van der Waals surface area contributed by atoms with E-state index in [2.05, 4.69) is 10.6 Å². The van der Waals surface area contributed by atoms with Crippen LogP contribution in [0.25, 0.3) is 0 Å². The smallest absolute Gasteiger partial charge is 0.328 e. The Balaban J connectivity index is 1.50. The molecule has 1 aromatic carbocycles. The molecule has 176 valence electrons. The molecule has 11 heteroatoms. The first-order chi connectivity index (χ1) is 15.6. The number of nitrogens with one attached hydrogen (secondary N) is 2. The summed E-state index contributed by atoms with van der Waals surface area (Å²) >= 11 is 0. The lowest BCUT2D eigenvalue weighted by atomic mass is 9.66. The van der Waals surface area contributed by atoms with Gasteiger partial charge in [0.2, 0.25) is 11.8 Å². The van der Waals surface area contributed by atoms with Crippen LogP contribution in [-0.2, 0) is 20.7 Å². The van der Waals surface area contributed by atoms with Gasteiger partial charge in [0, 0.05) is 32.1 Å². The summed E-state index contributed by atoms with van der Waals surface area (Å²) in [6.07, 6.45) is -1.17. The summed E-state index contributed by atoms with van der Waals surface area (Å²) in [4.78, 5) is 41.5. The Kier molecular flexibility index (Phi) is 4.18. The van der Waals surface area contributed by atoms with Gasteiger partial charge in [-0.2, -0.15) is 0 Å². The number of nitrogens with two attached hydrogens (primary N) is 1. The minimum atomic E-state index is -1.72. The SMILES string of the molecule is C[C@@H]1CN2c3c(cc(N4C[C@@H]5C(N)[C@@H]5C4)c(F)c3F)CC3(C(=O)NC(=O)NC3=O)[C@H]2[C@H](C)O1. The predicted molar refractivity (Wildman–Crippen MR) is 112 cm³/mol. The zero-order valence-electron chi connectivity index (χ0n) is 18.2. The van der Waals surface area contributed by atoms with Gasteiger partial charge < -0.3 is 20.3 Å². The summed E-state index contributed by atoms with van der Waals surface area (Å²) in [6, 6.07) is -0.167. The maximum Gasteiger partial charge on any atom is 0.328 e. The first-order valence-electron chi connectivity index (χ1n) is 11.2. The number of rotatable bonds is 1. The lowest BCUT2D eigenvalue weighted by Gasteiger charge is -2.55. The predicted octanol–water partition coefficient (Wildman–Crippen LogP) is 0.249. The Morgan fingerprint density at radius 1 is 1.06 bits per heavy atom. The van der Waals surface area contributed by atoms with Crippen LogP contribution in [0, 0.1) is 28.9 Å². The average Bonchev–Trinajstić information content (AvgIpc) is 3.14. The summed E-state index contributed by atoms with van der Waals surface area (Å²) in [6.45, 7) is 4.72. The van der Waals surface area contributed by atoms with Crippen molar-refractivity contribution in [3.63, 3.8) is 0 Å². The van der Waals surface area contributed by atoms with E-state index in [1.54, 1.807) is 29.7 Å². The molecular weight excluding hydrogens is 436 g/mol. The molecular formula is C22H25F2N5O4. The summed E-state index contributed by atoms with van der Waals surface area (Å²) in [5.74, 6) is -2.94. The Morgan fingerprint density at radius 2 is 1.70 bits per heavy atom. The molecule has 4 amide bonds. The molecule has 9 nitrogen and oxygen atoms in total. The highest BCUT2D eigenvalue weighted by Gasteiger charge is 2.63. The number of barbiturate groups is 1. The van der Waals surface area contributed by atoms with Crippen LogP contribution in [-0.4, -0.2) is 61.8 Å². The number of imide groups is 2. The molecule has 33 heavy (non-hydrogen) atoms. The number of amides is 4. The first kappa shape index (κ1) is 20.8. The number of carbonyl (C=O) groups is 3. The normalized spacial score (nSPS) is 36.2.